The second-order valence-corrected chi connectivity index (χ2v) is 7.77. The van der Waals surface area contributed by atoms with Crippen LogP contribution in [0.15, 0.2) is 138 Å². The summed E-state index contributed by atoms with van der Waals surface area (Å²) in [5, 5.41) is 0. The zero-order chi connectivity index (χ0) is 24.4. The lowest BCUT2D eigenvalue weighted by atomic mass is 10.2. The van der Waals surface area contributed by atoms with Crippen LogP contribution in [0.25, 0.3) is 0 Å². The van der Waals surface area contributed by atoms with Crippen molar-refractivity contribution < 1.29 is 8.83 Å². The van der Waals surface area contributed by atoms with Gasteiger partial charge in [-0.1, -0.05) is 24.3 Å². The number of furan rings is 2. The summed E-state index contributed by atoms with van der Waals surface area (Å²) >= 11 is 0. The standard InChI is InChI=1S/C30H22N4O2/c1-5-23(17-27(7-1)33-21-29-9-3-15-35-29)19-31-25-11-13-26(14-12-25)32-20-24-6-2-8-28(18-24)34-22-30-10-4-16-36-30/h1-22H. The minimum absolute atomic E-state index is 0.711. The summed E-state index contributed by atoms with van der Waals surface area (Å²) in [6.07, 6.45) is 10.3. The molecule has 6 nitrogen and oxygen atoms in total. The average molecular weight is 471 g/mol. The molecule has 0 spiro atoms. The normalized spacial score (nSPS) is 12.0. The van der Waals surface area contributed by atoms with Crippen molar-refractivity contribution in [3.05, 3.63) is 132 Å². The smallest absolute Gasteiger partial charge is 0.144 e. The molecule has 2 aromatic heterocycles. The molecule has 6 heteroatoms. The lowest BCUT2D eigenvalue weighted by molar-refractivity contribution is 0.560. The molecule has 174 valence electrons. The van der Waals surface area contributed by atoms with Crippen molar-refractivity contribution >= 4 is 47.6 Å². The van der Waals surface area contributed by atoms with Gasteiger partial charge in [-0.25, -0.2) is 0 Å². The SMILES string of the molecule is C(=Nc1ccc(N=Cc2cccc(N=Cc3ccco3)c2)cc1)c1cccc(N=Cc2ccco2)c1. The van der Waals surface area contributed by atoms with Crippen LogP contribution in [0.5, 0.6) is 0 Å². The number of hydrogen-bond donors (Lipinski definition) is 0. The van der Waals surface area contributed by atoms with Crippen LogP contribution in [-0.2, 0) is 0 Å². The van der Waals surface area contributed by atoms with Crippen LogP contribution in [0.1, 0.15) is 22.6 Å². The molecule has 36 heavy (non-hydrogen) atoms. The van der Waals surface area contributed by atoms with Crippen molar-refractivity contribution in [2.45, 2.75) is 0 Å². The molecular weight excluding hydrogens is 448 g/mol. The Hall–Kier alpha value is -5.10. The summed E-state index contributed by atoms with van der Waals surface area (Å²) in [6, 6.07) is 30.8. The maximum absolute atomic E-state index is 5.28. The highest BCUT2D eigenvalue weighted by Crippen LogP contribution is 2.20. The Morgan fingerprint density at radius 1 is 0.417 bits per heavy atom. The maximum Gasteiger partial charge on any atom is 0.144 e. The zero-order valence-corrected chi connectivity index (χ0v) is 19.3. The fourth-order valence-corrected chi connectivity index (χ4v) is 3.30. The van der Waals surface area contributed by atoms with E-state index in [-0.39, 0.29) is 0 Å². The van der Waals surface area contributed by atoms with E-state index in [4.69, 9.17) is 8.83 Å². The van der Waals surface area contributed by atoms with Gasteiger partial charge < -0.3 is 8.83 Å². The van der Waals surface area contributed by atoms with Gasteiger partial charge in [0.25, 0.3) is 0 Å². The summed E-state index contributed by atoms with van der Waals surface area (Å²) in [5.41, 5.74) is 5.26. The molecular formula is C30H22N4O2. The summed E-state index contributed by atoms with van der Waals surface area (Å²) in [7, 11) is 0. The fraction of sp³-hybridized carbons (Fsp3) is 0. The van der Waals surface area contributed by atoms with Crippen LogP contribution in [0.3, 0.4) is 0 Å². The summed E-state index contributed by atoms with van der Waals surface area (Å²) in [6.45, 7) is 0. The predicted molar refractivity (Wildman–Crippen MR) is 146 cm³/mol. The molecule has 0 unspecified atom stereocenters. The van der Waals surface area contributed by atoms with Gasteiger partial charge in [0.2, 0.25) is 0 Å². The highest BCUT2D eigenvalue weighted by Gasteiger charge is 1.96. The van der Waals surface area contributed by atoms with Gasteiger partial charge >= 0.3 is 0 Å². The van der Waals surface area contributed by atoms with Crippen LogP contribution in [0.2, 0.25) is 0 Å². The molecule has 0 saturated heterocycles. The molecule has 0 atom stereocenters. The molecule has 0 radical (unpaired) electrons. The van der Waals surface area contributed by atoms with Crippen LogP contribution in [0.4, 0.5) is 22.7 Å². The largest absolute Gasteiger partial charge is 0.463 e. The highest BCUT2D eigenvalue weighted by molar-refractivity contribution is 5.86. The summed E-state index contributed by atoms with van der Waals surface area (Å²) < 4.78 is 10.6. The molecule has 2 heterocycles. The van der Waals surface area contributed by atoms with Gasteiger partial charge in [-0.3, -0.25) is 20.0 Å². The Bertz CT molecular complexity index is 1400. The lowest BCUT2D eigenvalue weighted by Crippen LogP contribution is -1.81. The highest BCUT2D eigenvalue weighted by atomic mass is 16.3. The molecule has 0 bridgehead atoms. The minimum Gasteiger partial charge on any atom is -0.463 e. The third-order valence-electron chi connectivity index (χ3n) is 5.08. The molecule has 0 aliphatic rings. The van der Waals surface area contributed by atoms with Crippen molar-refractivity contribution in [1.29, 1.82) is 0 Å². The first-order valence-electron chi connectivity index (χ1n) is 11.3. The first-order valence-corrected chi connectivity index (χ1v) is 11.3. The molecule has 0 fully saturated rings. The molecule has 5 rings (SSSR count). The van der Waals surface area contributed by atoms with Gasteiger partial charge in [-0.15, -0.1) is 0 Å². The minimum atomic E-state index is 0.711. The second kappa shape index (κ2) is 11.4. The Morgan fingerprint density at radius 3 is 1.28 bits per heavy atom. The van der Waals surface area contributed by atoms with E-state index in [9.17, 15) is 0 Å². The van der Waals surface area contributed by atoms with Gasteiger partial charge in [-0.2, -0.15) is 0 Å². The number of rotatable bonds is 8. The van der Waals surface area contributed by atoms with Gasteiger partial charge in [0.1, 0.15) is 11.5 Å². The van der Waals surface area contributed by atoms with E-state index in [1.165, 1.54) is 0 Å². The molecule has 0 aliphatic heterocycles. The van der Waals surface area contributed by atoms with Gasteiger partial charge in [0.15, 0.2) is 0 Å². The molecule has 3 aromatic carbocycles. The van der Waals surface area contributed by atoms with Crippen molar-refractivity contribution in [2.75, 3.05) is 0 Å². The first kappa shape index (κ1) is 22.7. The summed E-state index contributed by atoms with van der Waals surface area (Å²) in [5.74, 6) is 1.42. The van der Waals surface area contributed by atoms with E-state index < -0.39 is 0 Å². The third kappa shape index (κ3) is 6.48. The predicted octanol–water partition coefficient (Wildman–Crippen LogP) is 7.88. The van der Waals surface area contributed by atoms with Crippen LogP contribution < -0.4 is 0 Å². The van der Waals surface area contributed by atoms with Crippen molar-refractivity contribution in [3.8, 4) is 0 Å². The van der Waals surface area contributed by atoms with E-state index >= 15 is 0 Å². The number of nitrogens with zero attached hydrogens (tertiary/aromatic N) is 4. The number of hydrogen-bond acceptors (Lipinski definition) is 6. The maximum atomic E-state index is 5.28. The number of aliphatic imine (C=N–C) groups is 4. The molecule has 0 N–H and O–H groups in total. The van der Waals surface area contributed by atoms with Crippen LogP contribution >= 0.6 is 0 Å². The Kier molecular flexibility index (Phi) is 7.15. The lowest BCUT2D eigenvalue weighted by Gasteiger charge is -1.99. The van der Waals surface area contributed by atoms with Gasteiger partial charge in [0, 0.05) is 12.4 Å². The Labute approximate surface area is 208 Å². The van der Waals surface area contributed by atoms with E-state index in [1.807, 2.05) is 109 Å². The van der Waals surface area contributed by atoms with Gasteiger partial charge in [-0.05, 0) is 83.9 Å². The second-order valence-electron chi connectivity index (χ2n) is 7.77. The van der Waals surface area contributed by atoms with E-state index in [0.29, 0.717) is 11.5 Å². The van der Waals surface area contributed by atoms with Crippen LogP contribution in [-0.4, -0.2) is 24.9 Å². The van der Waals surface area contributed by atoms with E-state index in [2.05, 4.69) is 20.0 Å². The van der Waals surface area contributed by atoms with Gasteiger partial charge in [0.05, 0.1) is 47.7 Å². The number of benzene rings is 3. The molecule has 0 amide bonds. The molecule has 0 aliphatic carbocycles. The molecule has 0 saturated carbocycles. The van der Waals surface area contributed by atoms with E-state index in [0.717, 1.165) is 33.9 Å². The van der Waals surface area contributed by atoms with Crippen LogP contribution in [0, 0.1) is 0 Å². The molecule has 5 aromatic rings. The quantitative estimate of drug-likeness (QED) is 0.216. The monoisotopic (exact) mass is 470 g/mol. The Balaban J connectivity index is 1.21. The van der Waals surface area contributed by atoms with E-state index in [1.54, 1.807) is 25.0 Å². The summed E-state index contributed by atoms with van der Waals surface area (Å²) in [4.78, 5) is 18.0. The van der Waals surface area contributed by atoms with Crippen molar-refractivity contribution in [1.82, 2.24) is 0 Å². The topological polar surface area (TPSA) is 75.7 Å². The Morgan fingerprint density at radius 2 is 0.861 bits per heavy atom. The third-order valence-corrected chi connectivity index (χ3v) is 5.08. The van der Waals surface area contributed by atoms with Crippen molar-refractivity contribution in [2.24, 2.45) is 20.0 Å². The zero-order valence-electron chi connectivity index (χ0n) is 19.3. The fourth-order valence-electron chi connectivity index (χ4n) is 3.30. The average Bonchev–Trinajstić information content (AvgIpc) is 3.64. The first-order chi connectivity index (χ1) is 17.8. The van der Waals surface area contributed by atoms with Crippen molar-refractivity contribution in [3.63, 3.8) is 0 Å².